The summed E-state index contributed by atoms with van der Waals surface area (Å²) >= 11 is 2.82. The third-order valence-corrected chi connectivity index (χ3v) is 6.15. The molecule has 4 nitrogen and oxygen atoms in total. The van der Waals surface area contributed by atoms with E-state index in [-0.39, 0.29) is 0 Å². The van der Waals surface area contributed by atoms with Crippen LogP contribution in [0, 0.1) is 6.92 Å². The summed E-state index contributed by atoms with van der Waals surface area (Å²) in [6.07, 6.45) is 1.18. The van der Waals surface area contributed by atoms with Gasteiger partial charge in [-0.3, -0.25) is 0 Å². The van der Waals surface area contributed by atoms with Gasteiger partial charge in [0.2, 0.25) is 0 Å². The van der Waals surface area contributed by atoms with E-state index in [0.717, 1.165) is 15.3 Å². The summed E-state index contributed by atoms with van der Waals surface area (Å²) < 4.78 is 22.7. The highest BCUT2D eigenvalue weighted by Gasteiger charge is 2.11. The Labute approximate surface area is 131 Å². The van der Waals surface area contributed by atoms with Gasteiger partial charge in [-0.1, -0.05) is 0 Å². The van der Waals surface area contributed by atoms with Gasteiger partial charge in [0.15, 0.2) is 9.84 Å². The Bertz CT molecular complexity index is 758. The maximum Gasteiger partial charge on any atom is 0.345 e. The number of rotatable bonds is 5. The van der Waals surface area contributed by atoms with E-state index in [0.29, 0.717) is 15.5 Å². The van der Waals surface area contributed by atoms with Crippen LogP contribution in [0.3, 0.4) is 0 Å². The molecule has 0 unspecified atom stereocenters. The second-order valence-corrected chi connectivity index (χ2v) is 8.85. The zero-order chi connectivity index (χ0) is 15.6. The molecule has 1 heterocycles. The molecule has 112 valence electrons. The molecule has 7 heteroatoms. The number of hydrogen-bond acceptors (Lipinski definition) is 5. The molecule has 21 heavy (non-hydrogen) atoms. The third kappa shape index (κ3) is 4.09. The summed E-state index contributed by atoms with van der Waals surface area (Å²) in [7, 11) is -3.17. The van der Waals surface area contributed by atoms with Crippen LogP contribution in [0.5, 0.6) is 0 Å². The van der Waals surface area contributed by atoms with Crippen LogP contribution in [0.25, 0.3) is 0 Å². The number of carbonyl (C=O) groups is 1. The van der Waals surface area contributed by atoms with E-state index in [4.69, 9.17) is 5.11 Å². The van der Waals surface area contributed by atoms with Gasteiger partial charge in [-0.25, -0.2) is 13.2 Å². The predicted molar refractivity (Wildman–Crippen MR) is 85.1 cm³/mol. The van der Waals surface area contributed by atoms with Crippen LogP contribution in [0.4, 0.5) is 0 Å². The van der Waals surface area contributed by atoms with Crippen LogP contribution in [0.2, 0.25) is 0 Å². The zero-order valence-electron chi connectivity index (χ0n) is 11.5. The van der Waals surface area contributed by atoms with E-state index in [9.17, 15) is 13.2 Å². The number of thioether (sulfide) groups is 1. The average Bonchev–Trinajstić information content (AvgIpc) is 2.77. The average molecular weight is 342 g/mol. The Kier molecular flexibility index (Phi) is 4.75. The van der Waals surface area contributed by atoms with E-state index < -0.39 is 15.8 Å². The van der Waals surface area contributed by atoms with Crippen LogP contribution in [0.1, 0.15) is 20.1 Å². The highest BCUT2D eigenvalue weighted by Crippen LogP contribution is 2.29. The van der Waals surface area contributed by atoms with Crippen LogP contribution >= 0.6 is 23.1 Å². The lowest BCUT2D eigenvalue weighted by molar-refractivity contribution is 0.0702. The van der Waals surface area contributed by atoms with Crippen molar-refractivity contribution in [2.45, 2.75) is 22.5 Å². The van der Waals surface area contributed by atoms with Crippen LogP contribution in [-0.2, 0) is 15.6 Å². The fourth-order valence-corrected chi connectivity index (χ4v) is 4.27. The molecule has 0 atom stereocenters. The lowest BCUT2D eigenvalue weighted by atomic mass is 10.3. The molecule has 2 aromatic rings. The van der Waals surface area contributed by atoms with Crippen molar-refractivity contribution >= 4 is 38.9 Å². The van der Waals surface area contributed by atoms with Crippen molar-refractivity contribution in [3.05, 3.63) is 45.6 Å². The van der Waals surface area contributed by atoms with Gasteiger partial charge in [-0.05, 0) is 42.8 Å². The van der Waals surface area contributed by atoms with Crippen molar-refractivity contribution in [3.63, 3.8) is 0 Å². The molecule has 0 radical (unpaired) electrons. The van der Waals surface area contributed by atoms with Crippen LogP contribution in [0.15, 0.2) is 40.1 Å². The van der Waals surface area contributed by atoms with E-state index in [1.807, 2.05) is 6.92 Å². The fourth-order valence-electron chi connectivity index (χ4n) is 1.71. The summed E-state index contributed by atoms with van der Waals surface area (Å²) in [5, 5.41) is 8.96. The van der Waals surface area contributed by atoms with Gasteiger partial charge in [-0.15, -0.1) is 23.1 Å². The summed E-state index contributed by atoms with van der Waals surface area (Å²) in [6.45, 7) is 1.90. The van der Waals surface area contributed by atoms with Gasteiger partial charge in [0.05, 0.1) is 4.90 Å². The smallest absolute Gasteiger partial charge is 0.345 e. The van der Waals surface area contributed by atoms with Crippen molar-refractivity contribution in [1.29, 1.82) is 0 Å². The number of aryl methyl sites for hydroxylation is 1. The van der Waals surface area contributed by atoms with Gasteiger partial charge in [-0.2, -0.15) is 0 Å². The molecule has 0 aliphatic heterocycles. The minimum Gasteiger partial charge on any atom is -0.477 e. The van der Waals surface area contributed by atoms with Crippen LogP contribution < -0.4 is 0 Å². The molecule has 1 N–H and O–H groups in total. The lowest BCUT2D eigenvalue weighted by Gasteiger charge is -2.03. The Morgan fingerprint density at radius 2 is 1.90 bits per heavy atom. The Hall–Kier alpha value is -1.31. The molecule has 0 saturated heterocycles. The van der Waals surface area contributed by atoms with Crippen molar-refractivity contribution < 1.29 is 18.3 Å². The highest BCUT2D eigenvalue weighted by molar-refractivity contribution is 7.98. The molecule has 0 aliphatic rings. The number of carboxylic acid groups (broad SMARTS) is 1. The summed E-state index contributed by atoms with van der Waals surface area (Å²) in [4.78, 5) is 13.5. The molecule has 0 aliphatic carbocycles. The van der Waals surface area contributed by atoms with Gasteiger partial charge in [0, 0.05) is 21.8 Å². The number of sulfone groups is 1. The first-order chi connectivity index (χ1) is 9.77. The molecule has 1 aromatic carbocycles. The minimum absolute atomic E-state index is 0.298. The number of aromatic carboxylic acids is 1. The molecule has 0 bridgehead atoms. The summed E-state index contributed by atoms with van der Waals surface area (Å²) in [5.41, 5.74) is 0.995. The first-order valence-corrected chi connectivity index (χ1v) is 9.72. The van der Waals surface area contributed by atoms with E-state index in [1.54, 1.807) is 42.1 Å². The summed E-state index contributed by atoms with van der Waals surface area (Å²) in [5.74, 6) is -0.245. The second kappa shape index (κ2) is 6.21. The van der Waals surface area contributed by atoms with E-state index in [1.165, 1.54) is 17.6 Å². The first kappa shape index (κ1) is 16.1. The number of hydrogen-bond donors (Lipinski definition) is 1. The molecular weight excluding hydrogens is 328 g/mol. The van der Waals surface area contributed by atoms with Crippen molar-refractivity contribution in [2.75, 3.05) is 6.26 Å². The van der Waals surface area contributed by atoms with E-state index in [2.05, 4.69) is 0 Å². The van der Waals surface area contributed by atoms with E-state index >= 15 is 0 Å². The molecule has 0 fully saturated rings. The maximum atomic E-state index is 11.4. The Morgan fingerprint density at radius 3 is 2.38 bits per heavy atom. The quantitative estimate of drug-likeness (QED) is 0.843. The normalized spacial score (nSPS) is 11.5. The fraction of sp³-hybridized carbons (Fsp3) is 0.214. The number of benzene rings is 1. The number of thiophene rings is 1. The molecule has 0 spiro atoms. The van der Waals surface area contributed by atoms with Gasteiger partial charge in [0.1, 0.15) is 4.88 Å². The third-order valence-electron chi connectivity index (χ3n) is 2.88. The molecule has 1 aromatic heterocycles. The van der Waals surface area contributed by atoms with Gasteiger partial charge < -0.3 is 5.11 Å². The Balaban J connectivity index is 2.08. The Morgan fingerprint density at radius 1 is 1.29 bits per heavy atom. The maximum absolute atomic E-state index is 11.4. The standard InChI is InChI=1S/C14H14O4S3/c1-9-10(7-13(20-9)14(15)16)8-19-11-3-5-12(6-4-11)21(2,17)18/h3-7H,8H2,1-2H3,(H,15,16). The first-order valence-electron chi connectivity index (χ1n) is 6.03. The lowest BCUT2D eigenvalue weighted by Crippen LogP contribution is -1.96. The monoisotopic (exact) mass is 342 g/mol. The largest absolute Gasteiger partial charge is 0.477 e. The summed E-state index contributed by atoms with van der Waals surface area (Å²) in [6, 6.07) is 8.39. The highest BCUT2D eigenvalue weighted by atomic mass is 32.2. The molecule has 2 rings (SSSR count). The zero-order valence-corrected chi connectivity index (χ0v) is 13.9. The molecular formula is C14H14O4S3. The van der Waals surface area contributed by atoms with Crippen LogP contribution in [-0.4, -0.2) is 25.7 Å². The number of carboxylic acids is 1. The molecule has 0 saturated carbocycles. The van der Waals surface area contributed by atoms with Gasteiger partial charge >= 0.3 is 5.97 Å². The van der Waals surface area contributed by atoms with Gasteiger partial charge in [0.25, 0.3) is 0 Å². The van der Waals surface area contributed by atoms with Crippen molar-refractivity contribution in [1.82, 2.24) is 0 Å². The molecule has 0 amide bonds. The SMILES string of the molecule is Cc1sc(C(=O)O)cc1CSc1ccc(S(C)(=O)=O)cc1. The predicted octanol–water partition coefficient (Wildman–Crippen LogP) is 3.45. The minimum atomic E-state index is -3.17. The second-order valence-electron chi connectivity index (χ2n) is 4.53. The van der Waals surface area contributed by atoms with Crippen molar-refractivity contribution in [2.24, 2.45) is 0 Å². The van der Waals surface area contributed by atoms with Crippen molar-refractivity contribution in [3.8, 4) is 0 Å². The topological polar surface area (TPSA) is 71.4 Å².